The monoisotopic (exact) mass is 971 g/mol. The summed E-state index contributed by atoms with van der Waals surface area (Å²) >= 11 is 1.79. The van der Waals surface area contributed by atoms with Crippen LogP contribution in [0.3, 0.4) is 0 Å². The summed E-state index contributed by atoms with van der Waals surface area (Å²) in [6.07, 6.45) is 0. The number of aromatic nitrogens is 3. The quantitative estimate of drug-likeness (QED) is 0.167. The fourth-order valence-corrected chi connectivity index (χ4v) is 13.6. The second-order valence-corrected chi connectivity index (χ2v) is 20.9. The summed E-state index contributed by atoms with van der Waals surface area (Å²) in [6.45, 7) is 0. The van der Waals surface area contributed by atoms with E-state index in [4.69, 9.17) is 19.4 Å². The minimum atomic E-state index is -0.406. The van der Waals surface area contributed by atoms with Gasteiger partial charge in [0.1, 0.15) is 11.2 Å². The van der Waals surface area contributed by atoms with E-state index < -0.39 is 5.41 Å². The van der Waals surface area contributed by atoms with Crippen molar-refractivity contribution < 1.29 is 4.42 Å². The maximum Gasteiger partial charge on any atom is 0.164 e. The van der Waals surface area contributed by atoms with Crippen LogP contribution in [0.2, 0.25) is 0 Å². The van der Waals surface area contributed by atoms with Crippen molar-refractivity contribution in [3.8, 4) is 89.8 Å². The summed E-state index contributed by atoms with van der Waals surface area (Å²) in [4.78, 5) is 15.9. The Morgan fingerprint density at radius 1 is 0.280 bits per heavy atom. The van der Waals surface area contributed by atoms with Crippen LogP contribution in [0.25, 0.3) is 132 Å². The molecule has 2 aliphatic rings. The molecule has 11 aromatic carbocycles. The molecule has 75 heavy (non-hydrogen) atoms. The van der Waals surface area contributed by atoms with Gasteiger partial charge in [-0.15, -0.1) is 11.3 Å². The van der Waals surface area contributed by atoms with Crippen LogP contribution in [0.1, 0.15) is 22.3 Å². The van der Waals surface area contributed by atoms with E-state index in [1.807, 2.05) is 18.2 Å². The predicted octanol–water partition coefficient (Wildman–Crippen LogP) is 18.5. The zero-order valence-corrected chi connectivity index (χ0v) is 41.1. The van der Waals surface area contributed by atoms with Gasteiger partial charge in [0.2, 0.25) is 0 Å². The maximum absolute atomic E-state index is 6.67. The van der Waals surface area contributed by atoms with Gasteiger partial charge in [0.15, 0.2) is 17.5 Å². The van der Waals surface area contributed by atoms with E-state index in [-0.39, 0.29) is 0 Å². The minimum absolute atomic E-state index is 0.406. The van der Waals surface area contributed by atoms with E-state index >= 15 is 0 Å². The van der Waals surface area contributed by atoms with E-state index in [0.717, 1.165) is 66.4 Å². The van der Waals surface area contributed by atoms with E-state index in [1.165, 1.54) is 70.2 Å². The van der Waals surface area contributed by atoms with Gasteiger partial charge in [-0.1, -0.05) is 200 Å². The molecular formula is C70H41N3OS. The molecule has 4 nitrogen and oxygen atoms in total. The first kappa shape index (κ1) is 42.0. The summed E-state index contributed by atoms with van der Waals surface area (Å²) < 4.78 is 9.12. The molecule has 3 aromatic heterocycles. The molecule has 16 rings (SSSR count). The molecule has 0 amide bonds. The zero-order chi connectivity index (χ0) is 49.2. The van der Waals surface area contributed by atoms with Crippen molar-refractivity contribution in [1.82, 2.24) is 15.0 Å². The van der Waals surface area contributed by atoms with E-state index in [0.29, 0.717) is 17.5 Å². The Bertz CT molecular complexity index is 4620. The highest BCUT2D eigenvalue weighted by atomic mass is 32.1. The topological polar surface area (TPSA) is 51.8 Å². The summed E-state index contributed by atoms with van der Waals surface area (Å²) in [5.41, 5.74) is 21.3. The van der Waals surface area contributed by atoms with Crippen LogP contribution in [-0.4, -0.2) is 15.0 Å². The van der Waals surface area contributed by atoms with Crippen molar-refractivity contribution >= 4 is 53.4 Å². The molecule has 0 saturated heterocycles. The lowest BCUT2D eigenvalue weighted by Crippen LogP contribution is -2.25. The molecule has 0 aliphatic heterocycles. The standard InChI is InChI=1S/C70H41N3OS/c1-2-15-42(16-3-1)43-17-13-20-48(38-43)67-71-68(49-32-35-55-54-24-7-11-30-64(54)75-65(55)41-49)73-69(72-67)56-25-14-29-63-66(56)57-39-46(33-36-62(57)74-63)44-18-12-19-45(37-44)47-31-34-53-52-23-6-10-28-60(52)70(61(53)40-47)58-26-8-4-21-50(58)51-22-5-9-27-59(51)70/h1-41H. The van der Waals surface area contributed by atoms with Gasteiger partial charge in [-0.25, -0.2) is 15.0 Å². The van der Waals surface area contributed by atoms with Crippen molar-refractivity contribution in [3.63, 3.8) is 0 Å². The van der Waals surface area contributed by atoms with Crippen LogP contribution in [0.15, 0.2) is 253 Å². The number of furan rings is 1. The van der Waals surface area contributed by atoms with Gasteiger partial charge in [-0.2, -0.15) is 0 Å². The molecule has 348 valence electrons. The fourth-order valence-electron chi connectivity index (χ4n) is 12.4. The molecule has 0 fully saturated rings. The van der Waals surface area contributed by atoms with Gasteiger partial charge in [-0.05, 0) is 126 Å². The Labute approximate surface area is 436 Å². The van der Waals surface area contributed by atoms with Crippen LogP contribution in [-0.2, 0) is 5.41 Å². The second kappa shape index (κ2) is 16.2. The lowest BCUT2D eigenvalue weighted by molar-refractivity contribution is 0.669. The molecule has 0 atom stereocenters. The van der Waals surface area contributed by atoms with Crippen LogP contribution in [0, 0.1) is 0 Å². The maximum atomic E-state index is 6.67. The highest BCUT2D eigenvalue weighted by molar-refractivity contribution is 7.25. The number of thiophene rings is 1. The summed E-state index contributed by atoms with van der Waals surface area (Å²) in [6, 6.07) is 89.9. The molecule has 1 spiro atoms. The van der Waals surface area contributed by atoms with Gasteiger partial charge in [0.25, 0.3) is 0 Å². The summed E-state index contributed by atoms with van der Waals surface area (Å²) in [5, 5.41) is 4.45. The average Bonchev–Trinajstić information content (AvgIpc) is 4.31. The Morgan fingerprint density at radius 3 is 1.51 bits per heavy atom. The third-order valence-corrected chi connectivity index (χ3v) is 16.9. The lowest BCUT2D eigenvalue weighted by atomic mass is 9.70. The smallest absolute Gasteiger partial charge is 0.164 e. The number of fused-ring (bicyclic) bond motifs is 16. The van der Waals surface area contributed by atoms with Gasteiger partial charge in [0, 0.05) is 47.6 Å². The van der Waals surface area contributed by atoms with Crippen molar-refractivity contribution in [2.75, 3.05) is 0 Å². The van der Waals surface area contributed by atoms with Crippen molar-refractivity contribution in [2.24, 2.45) is 0 Å². The Balaban J connectivity index is 0.831. The van der Waals surface area contributed by atoms with E-state index in [9.17, 15) is 0 Å². The lowest BCUT2D eigenvalue weighted by Gasteiger charge is -2.30. The van der Waals surface area contributed by atoms with Crippen molar-refractivity contribution in [2.45, 2.75) is 5.41 Å². The SMILES string of the molecule is c1ccc(-c2cccc(-c3nc(-c4ccc5c(c4)sc4ccccc45)nc(-c4cccc5oc6ccc(-c7cccc(-c8ccc9c(c8)C8(c%10ccccc%10-c%10ccccc%108)c8ccccc8-9)c7)cc6c45)n3)c2)cc1. The Hall–Kier alpha value is -9.55. The molecular weight excluding hydrogens is 931 g/mol. The van der Waals surface area contributed by atoms with Gasteiger partial charge >= 0.3 is 0 Å². The highest BCUT2D eigenvalue weighted by Crippen LogP contribution is 2.63. The number of rotatable bonds is 6. The van der Waals surface area contributed by atoms with E-state index in [2.05, 4.69) is 231 Å². The minimum Gasteiger partial charge on any atom is -0.456 e. The molecule has 0 N–H and O–H groups in total. The van der Waals surface area contributed by atoms with Crippen LogP contribution in [0.4, 0.5) is 0 Å². The van der Waals surface area contributed by atoms with Crippen LogP contribution >= 0.6 is 11.3 Å². The second-order valence-electron chi connectivity index (χ2n) is 19.8. The Morgan fingerprint density at radius 2 is 0.773 bits per heavy atom. The average molecular weight is 972 g/mol. The molecule has 0 bridgehead atoms. The largest absolute Gasteiger partial charge is 0.456 e. The number of hydrogen-bond acceptors (Lipinski definition) is 5. The molecule has 2 aliphatic carbocycles. The highest BCUT2D eigenvalue weighted by Gasteiger charge is 2.51. The Kier molecular flexibility index (Phi) is 9.09. The van der Waals surface area contributed by atoms with E-state index in [1.54, 1.807) is 11.3 Å². The van der Waals surface area contributed by atoms with Crippen LogP contribution < -0.4 is 0 Å². The third kappa shape index (κ3) is 6.32. The number of hydrogen-bond donors (Lipinski definition) is 0. The summed E-state index contributed by atoms with van der Waals surface area (Å²) in [5.74, 6) is 1.81. The van der Waals surface area contributed by atoms with Gasteiger partial charge in [0.05, 0.1) is 5.41 Å². The first-order valence-corrected chi connectivity index (χ1v) is 26.3. The third-order valence-electron chi connectivity index (χ3n) is 15.8. The van der Waals surface area contributed by atoms with Gasteiger partial charge < -0.3 is 4.42 Å². The molecule has 0 saturated carbocycles. The predicted molar refractivity (Wildman–Crippen MR) is 309 cm³/mol. The zero-order valence-electron chi connectivity index (χ0n) is 40.3. The first-order valence-electron chi connectivity index (χ1n) is 25.5. The van der Waals surface area contributed by atoms with Gasteiger partial charge in [-0.3, -0.25) is 0 Å². The van der Waals surface area contributed by atoms with Crippen molar-refractivity contribution in [3.05, 3.63) is 271 Å². The molecule has 14 aromatic rings. The fraction of sp³-hybridized carbons (Fsp3) is 0.0143. The molecule has 0 radical (unpaired) electrons. The number of nitrogens with zero attached hydrogens (tertiary/aromatic N) is 3. The normalized spacial score (nSPS) is 12.9. The van der Waals surface area contributed by atoms with Crippen LogP contribution in [0.5, 0.6) is 0 Å². The molecule has 0 unspecified atom stereocenters. The first-order chi connectivity index (χ1) is 37.1. The van der Waals surface area contributed by atoms with Crippen molar-refractivity contribution in [1.29, 1.82) is 0 Å². The molecule has 3 heterocycles. The molecule has 5 heteroatoms. The number of benzene rings is 11. The summed E-state index contributed by atoms with van der Waals surface area (Å²) in [7, 11) is 0.